The van der Waals surface area contributed by atoms with E-state index in [2.05, 4.69) is 31.1 Å². The fourth-order valence-corrected chi connectivity index (χ4v) is 4.24. The number of nitrogens with zero attached hydrogens (tertiary/aromatic N) is 4. The van der Waals surface area contributed by atoms with Crippen LogP contribution in [0, 0.1) is 6.92 Å². The van der Waals surface area contributed by atoms with Gasteiger partial charge in [-0.3, -0.25) is 5.32 Å². The van der Waals surface area contributed by atoms with Crippen LogP contribution in [-0.4, -0.2) is 31.9 Å². The summed E-state index contributed by atoms with van der Waals surface area (Å²) >= 11 is 6.22. The summed E-state index contributed by atoms with van der Waals surface area (Å²) in [5, 5.41) is 21.5. The Morgan fingerprint density at radius 1 is 1.03 bits per heavy atom. The number of anilines is 1. The molecular weight excluding hydrogens is 492 g/mol. The summed E-state index contributed by atoms with van der Waals surface area (Å²) in [5.74, 6) is 1.12. The number of amides is 1. The molecule has 0 spiro atoms. The number of carbonyl (C=O) groups excluding carboxylic acids is 1. The number of H-pyrrole nitrogens is 1. The highest BCUT2D eigenvalue weighted by atomic mass is 35.5. The van der Waals surface area contributed by atoms with E-state index in [1.807, 2.05) is 66.7 Å². The highest BCUT2D eigenvalue weighted by Gasteiger charge is 2.20. The van der Waals surface area contributed by atoms with Crippen LogP contribution in [0.25, 0.3) is 22.4 Å². The molecule has 0 bridgehead atoms. The summed E-state index contributed by atoms with van der Waals surface area (Å²) in [5.41, 5.74) is 5.68. The van der Waals surface area contributed by atoms with Crippen molar-refractivity contribution in [3.63, 3.8) is 0 Å². The van der Waals surface area contributed by atoms with E-state index < -0.39 is 12.2 Å². The average Bonchev–Trinajstić information content (AvgIpc) is 3.55. The number of tetrazole rings is 1. The van der Waals surface area contributed by atoms with E-state index in [1.165, 1.54) is 0 Å². The number of benzene rings is 3. The highest BCUT2D eigenvalue weighted by molar-refractivity contribution is 6.31. The molecule has 9 nitrogen and oxygen atoms in total. The first-order chi connectivity index (χ1) is 18.0. The third kappa shape index (κ3) is 5.52. The Bertz CT molecular complexity index is 1500. The van der Waals surface area contributed by atoms with Gasteiger partial charge in [0.2, 0.25) is 0 Å². The van der Waals surface area contributed by atoms with Crippen molar-refractivity contribution in [1.82, 2.24) is 25.8 Å². The summed E-state index contributed by atoms with van der Waals surface area (Å²) in [4.78, 5) is 12.6. The molecule has 3 aromatic carbocycles. The molecule has 0 radical (unpaired) electrons. The molecule has 2 aromatic heterocycles. The molecular formula is C27H23ClN6O3. The van der Waals surface area contributed by atoms with Crippen LogP contribution in [0.2, 0.25) is 5.02 Å². The molecule has 5 rings (SSSR count). The normalized spacial score (nSPS) is 11.8. The van der Waals surface area contributed by atoms with E-state index in [0.717, 1.165) is 27.8 Å². The van der Waals surface area contributed by atoms with Crippen LogP contribution in [0.5, 0.6) is 0 Å². The first kappa shape index (κ1) is 24.2. The Morgan fingerprint density at radius 3 is 2.38 bits per heavy atom. The maximum absolute atomic E-state index is 12.6. The predicted molar refractivity (Wildman–Crippen MR) is 139 cm³/mol. The van der Waals surface area contributed by atoms with Crippen molar-refractivity contribution in [1.29, 1.82) is 0 Å². The van der Waals surface area contributed by atoms with Crippen LogP contribution in [0.1, 0.15) is 35.7 Å². The number of ether oxygens (including phenoxy) is 1. The average molecular weight is 515 g/mol. The fraction of sp³-hybridized carbons (Fsp3) is 0.148. The molecule has 37 heavy (non-hydrogen) atoms. The van der Waals surface area contributed by atoms with Crippen LogP contribution in [-0.2, 0) is 11.2 Å². The maximum atomic E-state index is 12.6. The number of aromatic nitrogens is 5. The van der Waals surface area contributed by atoms with Crippen molar-refractivity contribution in [2.24, 2.45) is 0 Å². The first-order valence-electron chi connectivity index (χ1n) is 11.6. The third-order valence-electron chi connectivity index (χ3n) is 5.91. The zero-order chi connectivity index (χ0) is 25.8. The second kappa shape index (κ2) is 10.6. The van der Waals surface area contributed by atoms with Crippen LogP contribution in [0.4, 0.5) is 10.5 Å². The van der Waals surface area contributed by atoms with Crippen molar-refractivity contribution in [2.45, 2.75) is 26.4 Å². The molecule has 0 fully saturated rings. The van der Waals surface area contributed by atoms with Gasteiger partial charge in [0.15, 0.2) is 11.6 Å². The lowest BCUT2D eigenvalue weighted by Gasteiger charge is -2.15. The standard InChI is InChI=1S/C27H23ClN6O3/c1-16(22-5-3-4-6-23(22)28)36-27(35)29-25-17(2)37-32-26(25)21-13-11-20(12-14-21)19-9-7-18(8-10-19)15-24-30-33-34-31-24/h3-14,16H,15H2,1-2H3,(H,29,35)(H,30,31,33,34)/t16-/m1/s1. The lowest BCUT2D eigenvalue weighted by molar-refractivity contribution is 0.121. The van der Waals surface area contributed by atoms with Crippen molar-refractivity contribution in [2.75, 3.05) is 5.32 Å². The summed E-state index contributed by atoms with van der Waals surface area (Å²) < 4.78 is 10.9. The number of hydrogen-bond donors (Lipinski definition) is 2. The van der Waals surface area contributed by atoms with Gasteiger partial charge in [0.05, 0.1) is 0 Å². The number of aromatic amines is 1. The molecule has 5 aromatic rings. The quantitative estimate of drug-likeness (QED) is 0.258. The van der Waals surface area contributed by atoms with Gasteiger partial charge >= 0.3 is 6.09 Å². The minimum atomic E-state index is -0.627. The van der Waals surface area contributed by atoms with E-state index >= 15 is 0 Å². The zero-order valence-corrected chi connectivity index (χ0v) is 20.9. The van der Waals surface area contributed by atoms with Crippen LogP contribution >= 0.6 is 11.6 Å². The minimum absolute atomic E-state index is 0.454. The van der Waals surface area contributed by atoms with Crippen molar-refractivity contribution < 1.29 is 14.1 Å². The van der Waals surface area contributed by atoms with Gasteiger partial charge in [-0.1, -0.05) is 88.7 Å². The Kier molecular flexibility index (Phi) is 6.96. The molecule has 0 aliphatic heterocycles. The molecule has 10 heteroatoms. The molecule has 1 amide bonds. The number of hydrogen-bond acceptors (Lipinski definition) is 7. The monoisotopic (exact) mass is 514 g/mol. The SMILES string of the molecule is Cc1onc(-c2ccc(-c3ccc(Cc4nn[nH]n4)cc3)cc2)c1NC(=O)O[C@H](C)c1ccccc1Cl. The van der Waals surface area contributed by atoms with E-state index in [4.69, 9.17) is 20.9 Å². The Morgan fingerprint density at radius 2 is 1.70 bits per heavy atom. The number of halogens is 1. The molecule has 0 aliphatic rings. The van der Waals surface area contributed by atoms with Gasteiger partial charge < -0.3 is 9.26 Å². The van der Waals surface area contributed by atoms with E-state index in [9.17, 15) is 4.79 Å². The molecule has 0 aliphatic carbocycles. The predicted octanol–water partition coefficient (Wildman–Crippen LogP) is 6.38. The summed E-state index contributed by atoms with van der Waals surface area (Å²) in [6, 6.07) is 23.3. The zero-order valence-electron chi connectivity index (χ0n) is 20.1. The lowest BCUT2D eigenvalue weighted by atomic mass is 10.0. The molecule has 0 saturated carbocycles. The molecule has 1 atom stereocenters. The molecule has 0 unspecified atom stereocenters. The van der Waals surface area contributed by atoms with Crippen LogP contribution < -0.4 is 5.32 Å². The number of aryl methyl sites for hydroxylation is 1. The summed E-state index contributed by atoms with van der Waals surface area (Å²) in [6.07, 6.45) is -0.552. The summed E-state index contributed by atoms with van der Waals surface area (Å²) in [6.45, 7) is 3.49. The fourth-order valence-electron chi connectivity index (χ4n) is 3.95. The molecule has 2 heterocycles. The van der Waals surface area contributed by atoms with Crippen molar-refractivity contribution in [3.05, 3.63) is 101 Å². The third-order valence-corrected chi connectivity index (χ3v) is 6.26. The Labute approximate surface area is 217 Å². The van der Waals surface area contributed by atoms with Gasteiger partial charge in [0, 0.05) is 22.6 Å². The van der Waals surface area contributed by atoms with E-state index in [1.54, 1.807) is 19.9 Å². The number of rotatable bonds is 7. The van der Waals surface area contributed by atoms with Gasteiger partial charge in [-0.2, -0.15) is 5.21 Å². The van der Waals surface area contributed by atoms with Gasteiger partial charge in [-0.25, -0.2) is 4.79 Å². The Balaban J connectivity index is 1.28. The Hall–Kier alpha value is -4.50. The largest absolute Gasteiger partial charge is 0.441 e. The number of carbonyl (C=O) groups is 1. The highest BCUT2D eigenvalue weighted by Crippen LogP contribution is 2.33. The van der Waals surface area contributed by atoms with Crippen LogP contribution in [0.3, 0.4) is 0 Å². The summed E-state index contributed by atoms with van der Waals surface area (Å²) in [7, 11) is 0. The molecule has 0 saturated heterocycles. The second-order valence-corrected chi connectivity index (χ2v) is 8.84. The minimum Gasteiger partial charge on any atom is -0.441 e. The molecule has 186 valence electrons. The van der Waals surface area contributed by atoms with E-state index in [0.29, 0.717) is 34.4 Å². The lowest BCUT2D eigenvalue weighted by Crippen LogP contribution is -2.17. The molecule has 2 N–H and O–H groups in total. The van der Waals surface area contributed by atoms with E-state index in [-0.39, 0.29) is 0 Å². The van der Waals surface area contributed by atoms with Gasteiger partial charge in [-0.15, -0.1) is 10.2 Å². The van der Waals surface area contributed by atoms with Crippen LogP contribution in [0.15, 0.2) is 77.3 Å². The van der Waals surface area contributed by atoms with Crippen molar-refractivity contribution in [3.8, 4) is 22.4 Å². The van der Waals surface area contributed by atoms with Gasteiger partial charge in [0.25, 0.3) is 0 Å². The topological polar surface area (TPSA) is 119 Å². The second-order valence-electron chi connectivity index (χ2n) is 8.44. The van der Waals surface area contributed by atoms with Gasteiger partial charge in [-0.05, 0) is 36.6 Å². The number of nitrogens with one attached hydrogen (secondary N) is 2. The maximum Gasteiger partial charge on any atom is 0.412 e. The van der Waals surface area contributed by atoms with Gasteiger partial charge in [0.1, 0.15) is 17.5 Å². The first-order valence-corrected chi connectivity index (χ1v) is 12.0. The van der Waals surface area contributed by atoms with Crippen molar-refractivity contribution >= 4 is 23.4 Å². The smallest absolute Gasteiger partial charge is 0.412 e.